The van der Waals surface area contributed by atoms with E-state index in [0.29, 0.717) is 19.4 Å². The Balaban J connectivity index is 3.44. The molecule has 0 radical (unpaired) electrons. The fourth-order valence-electron chi connectivity index (χ4n) is 10.2. The monoisotopic (exact) mass is 988 g/mol. The molecule has 0 spiro atoms. The highest BCUT2D eigenvalue weighted by molar-refractivity contribution is 5.76. The molecule has 0 aliphatic carbocycles. The first-order valence-corrected chi connectivity index (χ1v) is 32.0. The van der Waals surface area contributed by atoms with Crippen molar-refractivity contribution in [1.82, 2.24) is 5.32 Å². The van der Waals surface area contributed by atoms with Crippen molar-refractivity contribution < 1.29 is 24.5 Å². The van der Waals surface area contributed by atoms with E-state index in [-0.39, 0.29) is 18.5 Å². The molecule has 0 aromatic rings. The molecule has 2 unspecified atom stereocenters. The van der Waals surface area contributed by atoms with E-state index in [1.807, 2.05) is 6.08 Å². The van der Waals surface area contributed by atoms with Crippen molar-refractivity contribution >= 4 is 11.9 Å². The predicted molar refractivity (Wildman–Crippen MR) is 306 cm³/mol. The number of rotatable bonds is 60. The second-order valence-corrected chi connectivity index (χ2v) is 22.1. The van der Waals surface area contributed by atoms with Crippen molar-refractivity contribution in [2.75, 3.05) is 13.2 Å². The molecule has 70 heavy (non-hydrogen) atoms. The molecule has 6 nitrogen and oxygen atoms in total. The van der Waals surface area contributed by atoms with Gasteiger partial charge in [-0.2, -0.15) is 0 Å². The molecule has 0 aliphatic rings. The van der Waals surface area contributed by atoms with E-state index in [1.54, 1.807) is 6.08 Å². The maximum absolute atomic E-state index is 12.5. The number of esters is 1. The van der Waals surface area contributed by atoms with Crippen LogP contribution in [0.4, 0.5) is 0 Å². The van der Waals surface area contributed by atoms with Crippen LogP contribution in [-0.2, 0) is 14.3 Å². The minimum absolute atomic E-state index is 0.00459. The number of hydrogen-bond acceptors (Lipinski definition) is 5. The SMILES string of the molecule is CCCCCCCCCCCCCCCCCCCCC/C=C/C(O)C(CO)NC(=O)CCCCCCCCCCCCCCCCCOC(=O)CCCCCCCCCCCCCCCCCCC. The normalized spacial score (nSPS) is 12.6. The van der Waals surface area contributed by atoms with Gasteiger partial charge in [-0.05, 0) is 32.1 Å². The molecule has 0 heterocycles. The molecule has 0 aromatic heterocycles. The van der Waals surface area contributed by atoms with E-state index in [0.717, 1.165) is 44.9 Å². The van der Waals surface area contributed by atoms with Crippen molar-refractivity contribution in [2.45, 2.75) is 373 Å². The molecule has 416 valence electrons. The van der Waals surface area contributed by atoms with Crippen LogP contribution in [0.2, 0.25) is 0 Å². The molecule has 1 amide bonds. The maximum atomic E-state index is 12.5. The lowest BCUT2D eigenvalue weighted by molar-refractivity contribution is -0.143. The average molecular weight is 989 g/mol. The topological polar surface area (TPSA) is 95.9 Å². The van der Waals surface area contributed by atoms with Gasteiger partial charge in [0.1, 0.15) is 0 Å². The lowest BCUT2D eigenvalue weighted by atomic mass is 10.0. The number of carbonyl (C=O) groups excluding carboxylic acids is 2. The highest BCUT2D eigenvalue weighted by Gasteiger charge is 2.18. The number of hydrogen-bond donors (Lipinski definition) is 3. The van der Waals surface area contributed by atoms with Gasteiger partial charge in [-0.1, -0.05) is 328 Å². The lowest BCUT2D eigenvalue weighted by Crippen LogP contribution is -2.45. The summed E-state index contributed by atoms with van der Waals surface area (Å²) in [6, 6.07) is -0.634. The number of aliphatic hydroxyl groups is 2. The highest BCUT2D eigenvalue weighted by atomic mass is 16.5. The zero-order valence-corrected chi connectivity index (χ0v) is 47.5. The predicted octanol–water partition coefficient (Wildman–Crippen LogP) is 20.0. The summed E-state index contributed by atoms with van der Waals surface area (Å²) in [5, 5.41) is 23.2. The Labute approximate surface area is 438 Å². The lowest BCUT2D eigenvalue weighted by Gasteiger charge is -2.20. The van der Waals surface area contributed by atoms with Gasteiger partial charge in [0, 0.05) is 12.8 Å². The fourth-order valence-corrected chi connectivity index (χ4v) is 10.2. The van der Waals surface area contributed by atoms with Crippen LogP contribution in [0.5, 0.6) is 0 Å². The van der Waals surface area contributed by atoms with Crippen molar-refractivity contribution in [3.8, 4) is 0 Å². The van der Waals surface area contributed by atoms with Gasteiger partial charge in [-0.15, -0.1) is 0 Å². The summed E-state index contributed by atoms with van der Waals surface area (Å²) in [5.74, 6) is -0.0676. The summed E-state index contributed by atoms with van der Waals surface area (Å²) < 4.78 is 5.49. The third kappa shape index (κ3) is 55.9. The Bertz CT molecular complexity index is 1050. The molecule has 0 fully saturated rings. The van der Waals surface area contributed by atoms with Gasteiger partial charge in [0.2, 0.25) is 5.91 Å². The van der Waals surface area contributed by atoms with E-state index in [9.17, 15) is 19.8 Å². The Morgan fingerprint density at radius 3 is 0.971 bits per heavy atom. The summed E-state index contributed by atoms with van der Waals surface area (Å²) in [5.41, 5.74) is 0. The zero-order chi connectivity index (χ0) is 50.7. The molecule has 0 bridgehead atoms. The highest BCUT2D eigenvalue weighted by Crippen LogP contribution is 2.18. The van der Waals surface area contributed by atoms with Gasteiger partial charge >= 0.3 is 5.97 Å². The van der Waals surface area contributed by atoms with Crippen LogP contribution in [0.25, 0.3) is 0 Å². The standard InChI is InChI=1S/C64H125NO5/c1-3-5-7-9-11-13-15-17-19-21-22-23-24-26-28-32-36-40-44-48-52-56-62(67)61(60-66)65-63(68)57-53-49-45-41-37-33-29-27-31-35-39-43-47-51-55-59-70-64(69)58-54-50-46-42-38-34-30-25-20-18-16-14-12-10-8-6-4-2/h52,56,61-62,66-67H,3-51,53-55,57-60H2,1-2H3,(H,65,68)/b56-52+. The van der Waals surface area contributed by atoms with Crippen LogP contribution in [-0.4, -0.2) is 47.4 Å². The largest absolute Gasteiger partial charge is 0.466 e. The van der Waals surface area contributed by atoms with Crippen molar-refractivity contribution in [2.24, 2.45) is 0 Å². The molecule has 0 saturated carbocycles. The van der Waals surface area contributed by atoms with Gasteiger partial charge in [-0.25, -0.2) is 0 Å². The number of aliphatic hydroxyl groups excluding tert-OH is 2. The van der Waals surface area contributed by atoms with Crippen molar-refractivity contribution in [3.05, 3.63) is 12.2 Å². The van der Waals surface area contributed by atoms with Gasteiger partial charge in [0.15, 0.2) is 0 Å². The first-order chi connectivity index (χ1) is 34.5. The van der Waals surface area contributed by atoms with Gasteiger partial charge in [0.25, 0.3) is 0 Å². The van der Waals surface area contributed by atoms with E-state index in [4.69, 9.17) is 4.74 Å². The van der Waals surface area contributed by atoms with Crippen molar-refractivity contribution in [3.63, 3.8) is 0 Å². The van der Waals surface area contributed by atoms with Crippen molar-refractivity contribution in [1.29, 1.82) is 0 Å². The first-order valence-electron chi connectivity index (χ1n) is 32.0. The summed E-state index contributed by atoms with van der Waals surface area (Å²) >= 11 is 0. The van der Waals surface area contributed by atoms with Gasteiger partial charge in [0.05, 0.1) is 25.4 Å². The van der Waals surface area contributed by atoms with Crippen LogP contribution < -0.4 is 5.32 Å². The number of ether oxygens (including phenoxy) is 1. The number of unbranched alkanes of at least 4 members (excludes halogenated alkanes) is 49. The van der Waals surface area contributed by atoms with Gasteiger partial charge in [-0.3, -0.25) is 9.59 Å². The van der Waals surface area contributed by atoms with E-state index < -0.39 is 12.1 Å². The Hall–Kier alpha value is -1.40. The minimum atomic E-state index is -0.850. The average Bonchev–Trinajstić information content (AvgIpc) is 3.36. The Morgan fingerprint density at radius 2 is 0.657 bits per heavy atom. The third-order valence-corrected chi connectivity index (χ3v) is 15.1. The second kappa shape index (κ2) is 60.2. The van der Waals surface area contributed by atoms with Crippen LogP contribution in [0.1, 0.15) is 361 Å². The molecule has 0 aliphatic heterocycles. The zero-order valence-electron chi connectivity index (χ0n) is 47.5. The molecule has 2 atom stereocenters. The summed E-state index contributed by atoms with van der Waals surface area (Å²) in [6.45, 7) is 4.93. The number of nitrogens with one attached hydrogen (secondary N) is 1. The van der Waals surface area contributed by atoms with E-state index in [2.05, 4.69) is 19.2 Å². The summed E-state index contributed by atoms with van der Waals surface area (Å²) in [7, 11) is 0. The van der Waals surface area contributed by atoms with E-state index >= 15 is 0 Å². The van der Waals surface area contributed by atoms with Crippen LogP contribution in [0.15, 0.2) is 12.2 Å². The Morgan fingerprint density at radius 1 is 0.386 bits per heavy atom. The second-order valence-electron chi connectivity index (χ2n) is 22.1. The molecular formula is C64H125NO5. The fraction of sp³-hybridized carbons (Fsp3) is 0.938. The third-order valence-electron chi connectivity index (χ3n) is 15.1. The molecule has 0 aromatic carbocycles. The smallest absolute Gasteiger partial charge is 0.305 e. The molecule has 0 saturated heterocycles. The number of allylic oxidation sites excluding steroid dienone is 1. The summed E-state index contributed by atoms with van der Waals surface area (Å²) in [4.78, 5) is 24.6. The summed E-state index contributed by atoms with van der Waals surface area (Å²) in [6.07, 6.45) is 72.5. The Kier molecular flexibility index (Phi) is 59.0. The maximum Gasteiger partial charge on any atom is 0.305 e. The van der Waals surface area contributed by atoms with Crippen LogP contribution in [0.3, 0.4) is 0 Å². The molecule has 6 heteroatoms. The van der Waals surface area contributed by atoms with Crippen LogP contribution in [0, 0.1) is 0 Å². The minimum Gasteiger partial charge on any atom is -0.466 e. The van der Waals surface area contributed by atoms with Crippen LogP contribution >= 0.6 is 0 Å². The number of carbonyl (C=O) groups is 2. The molecule has 0 rings (SSSR count). The molecule has 3 N–H and O–H groups in total. The molecular weight excluding hydrogens is 863 g/mol. The number of amides is 1. The quantitative estimate of drug-likeness (QED) is 0.0321. The van der Waals surface area contributed by atoms with E-state index in [1.165, 1.54) is 289 Å². The first kappa shape index (κ1) is 68.6. The van der Waals surface area contributed by atoms with Gasteiger partial charge < -0.3 is 20.3 Å².